The highest BCUT2D eigenvalue weighted by molar-refractivity contribution is 7.47. The number of carbonyl (C=O) groups excluding carboxylic acids is 2. The molecule has 0 bridgehead atoms. The van der Waals surface area contributed by atoms with Crippen LogP contribution in [0.4, 0.5) is 0 Å². The fourth-order valence-corrected chi connectivity index (χ4v) is 12.7. The van der Waals surface area contributed by atoms with Gasteiger partial charge >= 0.3 is 19.8 Å². The summed E-state index contributed by atoms with van der Waals surface area (Å²) < 4.78 is 33.3. The van der Waals surface area contributed by atoms with Crippen LogP contribution in [0.25, 0.3) is 0 Å². The van der Waals surface area contributed by atoms with Gasteiger partial charge in [0.15, 0.2) is 6.10 Å². The van der Waals surface area contributed by atoms with E-state index < -0.39 is 26.5 Å². The average Bonchev–Trinajstić information content (AvgIpc) is 1.35. The van der Waals surface area contributed by atoms with Crippen LogP contribution < -0.4 is 5.73 Å². The van der Waals surface area contributed by atoms with Crippen molar-refractivity contribution in [2.24, 2.45) is 5.73 Å². The van der Waals surface area contributed by atoms with Gasteiger partial charge in [0.1, 0.15) is 6.61 Å². The molecule has 0 heterocycles. The average molecular weight is 1400 g/mol. The Bertz CT molecular complexity index is 2100. The molecule has 0 aromatic rings. The molecule has 2 unspecified atom stereocenters. The van der Waals surface area contributed by atoms with E-state index >= 15 is 0 Å². The second-order valence-corrected chi connectivity index (χ2v) is 29.1. The van der Waals surface area contributed by atoms with E-state index in [2.05, 4.69) is 148 Å². The fourth-order valence-electron chi connectivity index (χ4n) is 11.9. The molecular formula is C89H156NO8P. The van der Waals surface area contributed by atoms with E-state index in [4.69, 9.17) is 24.3 Å². The predicted octanol–water partition coefficient (Wildman–Crippen LogP) is 28.3. The van der Waals surface area contributed by atoms with E-state index in [1.807, 2.05) is 0 Å². The Labute approximate surface area is 612 Å². The number of rotatable bonds is 78. The van der Waals surface area contributed by atoms with Crippen LogP contribution in [0.15, 0.2) is 134 Å². The first kappa shape index (κ1) is 95.2. The van der Waals surface area contributed by atoms with Gasteiger partial charge in [0.2, 0.25) is 0 Å². The summed E-state index contributed by atoms with van der Waals surface area (Å²) in [6.07, 6.45) is 119. The maximum Gasteiger partial charge on any atom is 0.472 e. The molecule has 0 aromatic heterocycles. The highest BCUT2D eigenvalue weighted by Crippen LogP contribution is 2.43. The zero-order valence-corrected chi connectivity index (χ0v) is 65.3. The summed E-state index contributed by atoms with van der Waals surface area (Å²) in [5.41, 5.74) is 5.42. The number of hydrogen-bond donors (Lipinski definition) is 2. The van der Waals surface area contributed by atoms with Crippen molar-refractivity contribution >= 4 is 19.8 Å². The van der Waals surface area contributed by atoms with E-state index in [0.717, 1.165) is 109 Å². The minimum absolute atomic E-state index is 0.0477. The van der Waals surface area contributed by atoms with Crippen LogP contribution >= 0.6 is 7.82 Å². The lowest BCUT2D eigenvalue weighted by Crippen LogP contribution is -2.29. The summed E-state index contributed by atoms with van der Waals surface area (Å²) in [6.45, 7) is 3.66. The Morgan fingerprint density at radius 3 is 0.838 bits per heavy atom. The predicted molar refractivity (Wildman–Crippen MR) is 431 cm³/mol. The third kappa shape index (κ3) is 83.0. The summed E-state index contributed by atoms with van der Waals surface area (Å²) in [7, 11) is -4.41. The number of hydrogen-bond acceptors (Lipinski definition) is 8. The number of nitrogens with two attached hydrogens (primary N) is 1. The van der Waals surface area contributed by atoms with Gasteiger partial charge in [-0.2, -0.15) is 0 Å². The maximum atomic E-state index is 12.8. The second-order valence-electron chi connectivity index (χ2n) is 27.6. The molecule has 0 fully saturated rings. The largest absolute Gasteiger partial charge is 0.472 e. The Morgan fingerprint density at radius 2 is 0.556 bits per heavy atom. The number of unbranched alkanes of at least 4 members (excludes halogenated alkanes) is 43. The number of allylic oxidation sites excluding steroid dienone is 22. The van der Waals surface area contributed by atoms with E-state index in [1.54, 1.807) is 0 Å². The molecular weight excluding hydrogens is 1240 g/mol. The quantitative estimate of drug-likeness (QED) is 0.0264. The number of esters is 2. The SMILES string of the molecule is CC/C=C\C/C=C\C/C=C\C/C=C\C/C=C\C/C=C\C/C=C\C/C=C\C/C=C\C/C=C\CCCCCCCCCCC(=O)OC(COC(=O)CCCCCCCCCCCCCCCCCCCCCCCCCCCCC/C=C\CCCCCCCCCC)COP(=O)(O)OCCN. The van der Waals surface area contributed by atoms with Crippen molar-refractivity contribution in [1.29, 1.82) is 0 Å². The number of phosphoric ester groups is 1. The molecule has 3 N–H and O–H groups in total. The summed E-state index contributed by atoms with van der Waals surface area (Å²) in [5, 5.41) is 0. The standard InChI is InChI=1S/C89H156NO8P/c1-3-5-7-9-11-13-15-17-19-21-23-25-27-29-31-33-35-37-39-41-43-45-47-49-51-53-55-57-59-61-63-65-67-69-71-73-75-77-79-81-88(91)95-85-87(86-97-99(93,94)96-84-83-90)98-89(92)82-80-78-76-74-72-70-68-66-64-62-60-58-56-54-52-50-48-46-44-42-40-38-36-34-32-30-28-26-24-22-20-18-16-14-12-10-8-6-4-2/h6,8,12,14,18,20-21,23-24,26,30,32,36,38,42,44,48,50,54,56,60,62,87H,3-5,7,9-11,13,15-17,19,22,25,27-29,31,33-35,37,39-41,43,45-47,49,51-53,55,57-59,61,63-86,90H2,1-2H3,(H,93,94)/b8-6-,14-12-,20-18-,23-21-,26-24-,32-30-,38-36-,44-42-,50-48-,56-54-,62-60-. The van der Waals surface area contributed by atoms with Crippen molar-refractivity contribution in [3.8, 4) is 0 Å². The first-order valence-electron chi connectivity index (χ1n) is 41.7. The van der Waals surface area contributed by atoms with Crippen molar-refractivity contribution in [1.82, 2.24) is 0 Å². The third-order valence-corrected chi connectivity index (χ3v) is 19.0. The molecule has 0 aliphatic carbocycles. The topological polar surface area (TPSA) is 134 Å². The summed E-state index contributed by atoms with van der Waals surface area (Å²) >= 11 is 0. The van der Waals surface area contributed by atoms with Gasteiger partial charge in [0, 0.05) is 19.4 Å². The van der Waals surface area contributed by atoms with Gasteiger partial charge in [0.25, 0.3) is 0 Å². The number of carbonyl (C=O) groups is 2. The van der Waals surface area contributed by atoms with Crippen LogP contribution in [-0.2, 0) is 32.7 Å². The van der Waals surface area contributed by atoms with Crippen LogP contribution in [0.1, 0.15) is 386 Å². The molecule has 0 rings (SSSR count). The number of phosphoric acid groups is 1. The Hall–Kier alpha value is -3.85. The normalized spacial score (nSPS) is 13.5. The zero-order chi connectivity index (χ0) is 71.5. The molecule has 0 spiro atoms. The molecule has 2 atom stereocenters. The molecule has 99 heavy (non-hydrogen) atoms. The summed E-state index contributed by atoms with van der Waals surface area (Å²) in [5.74, 6) is -0.829. The highest BCUT2D eigenvalue weighted by atomic mass is 31.2. The lowest BCUT2D eigenvalue weighted by Gasteiger charge is -2.19. The first-order valence-corrected chi connectivity index (χ1v) is 43.2. The second kappa shape index (κ2) is 83.1. The zero-order valence-electron chi connectivity index (χ0n) is 64.4. The summed E-state index contributed by atoms with van der Waals surface area (Å²) in [6, 6.07) is 0. The van der Waals surface area contributed by atoms with Crippen LogP contribution in [-0.4, -0.2) is 49.3 Å². The molecule has 570 valence electrons. The summed E-state index contributed by atoms with van der Waals surface area (Å²) in [4.78, 5) is 35.5. The van der Waals surface area contributed by atoms with Crippen molar-refractivity contribution in [2.45, 2.75) is 392 Å². The smallest absolute Gasteiger partial charge is 0.462 e. The highest BCUT2D eigenvalue weighted by Gasteiger charge is 2.26. The van der Waals surface area contributed by atoms with Crippen LogP contribution in [0, 0.1) is 0 Å². The molecule has 0 saturated heterocycles. The maximum absolute atomic E-state index is 12.8. The van der Waals surface area contributed by atoms with E-state index in [0.29, 0.717) is 6.42 Å². The van der Waals surface area contributed by atoms with Crippen LogP contribution in [0.5, 0.6) is 0 Å². The van der Waals surface area contributed by atoms with Gasteiger partial charge < -0.3 is 20.1 Å². The Balaban J connectivity index is 3.84. The van der Waals surface area contributed by atoms with Crippen LogP contribution in [0.3, 0.4) is 0 Å². The van der Waals surface area contributed by atoms with Gasteiger partial charge in [0.05, 0.1) is 13.2 Å². The number of ether oxygens (including phenoxy) is 2. The van der Waals surface area contributed by atoms with Crippen molar-refractivity contribution < 1.29 is 37.6 Å². The van der Waals surface area contributed by atoms with E-state index in [-0.39, 0.29) is 38.6 Å². The van der Waals surface area contributed by atoms with Crippen LogP contribution in [0.2, 0.25) is 0 Å². The molecule has 0 saturated carbocycles. The third-order valence-electron chi connectivity index (χ3n) is 18.0. The molecule has 0 aliphatic rings. The van der Waals surface area contributed by atoms with Gasteiger partial charge in [-0.1, -0.05) is 392 Å². The van der Waals surface area contributed by atoms with E-state index in [1.165, 1.54) is 244 Å². The Morgan fingerprint density at radius 1 is 0.313 bits per heavy atom. The van der Waals surface area contributed by atoms with Gasteiger partial charge in [-0.15, -0.1) is 0 Å². The molecule has 10 heteroatoms. The Kier molecular flexibility index (Phi) is 79.9. The van der Waals surface area contributed by atoms with Crippen molar-refractivity contribution in [2.75, 3.05) is 26.4 Å². The van der Waals surface area contributed by atoms with Gasteiger partial charge in [-0.25, -0.2) is 4.57 Å². The first-order chi connectivity index (χ1) is 48.8. The molecule has 9 nitrogen and oxygen atoms in total. The molecule has 0 aliphatic heterocycles. The minimum Gasteiger partial charge on any atom is -0.462 e. The van der Waals surface area contributed by atoms with E-state index in [9.17, 15) is 19.0 Å². The minimum atomic E-state index is -4.41. The lowest BCUT2D eigenvalue weighted by atomic mass is 10.0. The fraction of sp³-hybridized carbons (Fsp3) is 0.730. The lowest BCUT2D eigenvalue weighted by molar-refractivity contribution is -0.161. The van der Waals surface area contributed by atoms with Crippen molar-refractivity contribution in [3.05, 3.63) is 134 Å². The molecule has 0 aromatic carbocycles. The molecule has 0 amide bonds. The van der Waals surface area contributed by atoms with Crippen molar-refractivity contribution in [3.63, 3.8) is 0 Å². The van der Waals surface area contributed by atoms with Gasteiger partial charge in [-0.05, 0) is 116 Å². The molecule has 0 radical (unpaired) electrons. The monoisotopic (exact) mass is 1400 g/mol. The van der Waals surface area contributed by atoms with Gasteiger partial charge in [-0.3, -0.25) is 18.6 Å².